The third-order valence-electron chi connectivity index (χ3n) is 5.05. The molecule has 2 aliphatic rings. The van der Waals surface area contributed by atoms with Crippen LogP contribution in [0.25, 0.3) is 0 Å². The Bertz CT molecular complexity index is 300. The number of hydrogen-bond acceptors (Lipinski definition) is 3. The Labute approximate surface area is 110 Å². The topological polar surface area (TPSA) is 49.6 Å². The van der Waals surface area contributed by atoms with Crippen molar-refractivity contribution in [3.8, 4) is 0 Å². The Morgan fingerprint density at radius 2 is 1.72 bits per heavy atom. The monoisotopic (exact) mass is 253 g/mol. The van der Waals surface area contributed by atoms with Gasteiger partial charge in [-0.25, -0.2) is 0 Å². The number of nitrogens with two attached hydrogens (primary N) is 1. The maximum atomic E-state index is 12.8. The molecule has 1 aliphatic carbocycles. The van der Waals surface area contributed by atoms with Crippen LogP contribution in [-0.4, -0.2) is 54.5 Å². The quantitative estimate of drug-likeness (QED) is 0.800. The summed E-state index contributed by atoms with van der Waals surface area (Å²) in [7, 11) is 2.14. The molecule has 1 saturated heterocycles. The first-order valence-corrected chi connectivity index (χ1v) is 7.21. The van der Waals surface area contributed by atoms with Gasteiger partial charge in [-0.1, -0.05) is 12.8 Å². The van der Waals surface area contributed by atoms with Crippen molar-refractivity contribution in [2.45, 2.75) is 51.6 Å². The third-order valence-corrected chi connectivity index (χ3v) is 5.05. The molecular weight excluding hydrogens is 226 g/mol. The van der Waals surface area contributed by atoms with Crippen LogP contribution >= 0.6 is 0 Å². The smallest absolute Gasteiger partial charge is 0.230 e. The van der Waals surface area contributed by atoms with E-state index in [9.17, 15) is 4.79 Å². The highest BCUT2D eigenvalue weighted by Crippen LogP contribution is 2.39. The van der Waals surface area contributed by atoms with Gasteiger partial charge in [-0.05, 0) is 33.7 Å². The minimum absolute atomic E-state index is 0.241. The summed E-state index contributed by atoms with van der Waals surface area (Å²) in [6.45, 7) is 6.60. The van der Waals surface area contributed by atoms with E-state index in [1.54, 1.807) is 0 Å². The van der Waals surface area contributed by atoms with Crippen LogP contribution in [0.1, 0.15) is 39.5 Å². The Hall–Kier alpha value is -0.610. The Morgan fingerprint density at radius 1 is 1.22 bits per heavy atom. The number of hydrogen-bond donors (Lipinski definition) is 1. The molecule has 1 saturated carbocycles. The number of piperazine rings is 1. The highest BCUT2D eigenvalue weighted by molar-refractivity contribution is 5.83. The number of carbonyl (C=O) groups is 1. The van der Waals surface area contributed by atoms with Gasteiger partial charge in [-0.3, -0.25) is 9.69 Å². The van der Waals surface area contributed by atoms with E-state index in [1.165, 1.54) is 0 Å². The fraction of sp³-hybridized carbons (Fsp3) is 0.929. The van der Waals surface area contributed by atoms with Crippen LogP contribution in [-0.2, 0) is 4.79 Å². The van der Waals surface area contributed by atoms with Gasteiger partial charge in [0, 0.05) is 31.7 Å². The van der Waals surface area contributed by atoms with Gasteiger partial charge in [0.2, 0.25) is 5.91 Å². The summed E-state index contributed by atoms with van der Waals surface area (Å²) in [6, 6.07) is 0.878. The number of rotatable bonds is 2. The van der Waals surface area contributed by atoms with E-state index >= 15 is 0 Å². The molecule has 2 unspecified atom stereocenters. The van der Waals surface area contributed by atoms with E-state index in [4.69, 9.17) is 5.73 Å². The van der Waals surface area contributed by atoms with E-state index in [1.807, 2.05) is 0 Å². The fourth-order valence-corrected chi connectivity index (χ4v) is 3.46. The van der Waals surface area contributed by atoms with E-state index in [2.05, 4.69) is 30.7 Å². The zero-order valence-electron chi connectivity index (χ0n) is 12.0. The summed E-state index contributed by atoms with van der Waals surface area (Å²) in [5.41, 5.74) is 5.67. The molecule has 2 rings (SSSR count). The third kappa shape index (κ3) is 2.28. The lowest BCUT2D eigenvalue weighted by Gasteiger charge is -2.45. The molecule has 2 atom stereocenters. The maximum absolute atomic E-state index is 12.8. The Kier molecular flexibility index (Phi) is 3.97. The Morgan fingerprint density at radius 3 is 2.17 bits per heavy atom. The molecule has 0 aromatic heterocycles. The summed E-state index contributed by atoms with van der Waals surface area (Å²) in [5.74, 6) is 0.314. The molecule has 4 nitrogen and oxygen atoms in total. The van der Waals surface area contributed by atoms with E-state index in [0.717, 1.165) is 38.8 Å². The van der Waals surface area contributed by atoms with Crippen molar-refractivity contribution in [2.75, 3.05) is 26.7 Å². The maximum Gasteiger partial charge on any atom is 0.230 e. The van der Waals surface area contributed by atoms with E-state index in [0.29, 0.717) is 24.5 Å². The first-order valence-electron chi connectivity index (χ1n) is 7.21. The molecule has 0 radical (unpaired) electrons. The number of likely N-dealkylation sites (N-methyl/N-ethyl adjacent to an activating group) is 1. The molecule has 1 aliphatic heterocycles. The van der Waals surface area contributed by atoms with Gasteiger partial charge >= 0.3 is 0 Å². The molecule has 4 heteroatoms. The van der Waals surface area contributed by atoms with Gasteiger partial charge in [-0.2, -0.15) is 0 Å². The van der Waals surface area contributed by atoms with Crippen molar-refractivity contribution in [3.05, 3.63) is 0 Å². The van der Waals surface area contributed by atoms with Crippen LogP contribution < -0.4 is 5.73 Å². The fourth-order valence-electron chi connectivity index (χ4n) is 3.46. The van der Waals surface area contributed by atoms with Crippen molar-refractivity contribution in [1.29, 1.82) is 0 Å². The molecule has 0 aromatic carbocycles. The summed E-state index contributed by atoms with van der Waals surface area (Å²) in [5, 5.41) is 0. The van der Waals surface area contributed by atoms with Crippen molar-refractivity contribution in [2.24, 2.45) is 11.1 Å². The van der Waals surface area contributed by atoms with Crippen LogP contribution in [0.2, 0.25) is 0 Å². The van der Waals surface area contributed by atoms with Crippen LogP contribution in [0.3, 0.4) is 0 Å². The lowest BCUT2D eigenvalue weighted by atomic mass is 9.84. The molecule has 104 valence electrons. The number of carbonyl (C=O) groups excluding carboxylic acids is 1. The normalized spacial score (nSPS) is 32.8. The predicted octanol–water partition coefficient (Wildman–Crippen LogP) is 1.06. The largest absolute Gasteiger partial charge is 0.339 e. The second-order valence-electron chi connectivity index (χ2n) is 6.27. The molecule has 18 heavy (non-hydrogen) atoms. The van der Waals surface area contributed by atoms with Crippen molar-refractivity contribution >= 4 is 5.91 Å². The van der Waals surface area contributed by atoms with E-state index in [-0.39, 0.29) is 5.41 Å². The highest BCUT2D eigenvalue weighted by atomic mass is 16.2. The summed E-state index contributed by atoms with van der Waals surface area (Å²) in [4.78, 5) is 17.2. The molecule has 0 aromatic rings. The molecule has 1 heterocycles. The lowest BCUT2D eigenvalue weighted by Crippen LogP contribution is -2.59. The van der Waals surface area contributed by atoms with Crippen LogP contribution in [0, 0.1) is 5.41 Å². The Balaban J connectivity index is 2.09. The van der Waals surface area contributed by atoms with Crippen LogP contribution in [0.4, 0.5) is 0 Å². The van der Waals surface area contributed by atoms with Gasteiger partial charge in [0.05, 0.1) is 5.41 Å². The average molecular weight is 253 g/mol. The molecular formula is C14H27N3O. The predicted molar refractivity (Wildman–Crippen MR) is 73.2 cm³/mol. The first kappa shape index (κ1) is 13.8. The molecule has 2 N–H and O–H groups in total. The summed E-state index contributed by atoms with van der Waals surface area (Å²) >= 11 is 0. The second kappa shape index (κ2) is 5.17. The van der Waals surface area contributed by atoms with Gasteiger partial charge in [0.15, 0.2) is 0 Å². The number of amides is 1. The van der Waals surface area contributed by atoms with Crippen molar-refractivity contribution < 1.29 is 4.79 Å². The van der Waals surface area contributed by atoms with E-state index < -0.39 is 0 Å². The highest BCUT2D eigenvalue weighted by Gasteiger charge is 2.44. The second-order valence-corrected chi connectivity index (χ2v) is 6.27. The average Bonchev–Trinajstić information content (AvgIpc) is 2.84. The minimum atomic E-state index is -0.241. The molecule has 1 amide bonds. The SMILES string of the molecule is CC1CN(C(=O)C2(CN)CCCC2)CC(C)N1C. The zero-order chi connectivity index (χ0) is 13.3. The lowest BCUT2D eigenvalue weighted by molar-refractivity contribution is -0.145. The number of nitrogens with zero attached hydrogens (tertiary/aromatic N) is 2. The zero-order valence-corrected chi connectivity index (χ0v) is 12.0. The van der Waals surface area contributed by atoms with Crippen molar-refractivity contribution in [1.82, 2.24) is 9.80 Å². The standard InChI is InChI=1S/C14H27N3O/c1-11-8-17(9-12(2)16(11)3)13(18)14(10-15)6-4-5-7-14/h11-12H,4-10,15H2,1-3H3. The molecule has 0 bridgehead atoms. The van der Waals surface area contributed by atoms with Crippen LogP contribution in [0.15, 0.2) is 0 Å². The molecule has 0 spiro atoms. The minimum Gasteiger partial charge on any atom is -0.339 e. The van der Waals surface area contributed by atoms with Gasteiger partial charge < -0.3 is 10.6 Å². The van der Waals surface area contributed by atoms with Gasteiger partial charge in [-0.15, -0.1) is 0 Å². The first-order chi connectivity index (χ1) is 8.50. The van der Waals surface area contributed by atoms with Crippen LogP contribution in [0.5, 0.6) is 0 Å². The molecule has 2 fully saturated rings. The summed E-state index contributed by atoms with van der Waals surface area (Å²) < 4.78 is 0. The van der Waals surface area contributed by atoms with Gasteiger partial charge in [0.25, 0.3) is 0 Å². The summed E-state index contributed by atoms with van der Waals surface area (Å²) in [6.07, 6.45) is 4.28. The van der Waals surface area contributed by atoms with Crippen molar-refractivity contribution in [3.63, 3.8) is 0 Å². The van der Waals surface area contributed by atoms with Gasteiger partial charge in [0.1, 0.15) is 0 Å².